The maximum Gasteiger partial charge on any atom is 0.108 e. The third-order valence-corrected chi connectivity index (χ3v) is 7.68. The molecule has 4 aromatic carbocycles. The zero-order chi connectivity index (χ0) is 23.5. The molecule has 0 amide bonds. The van der Waals surface area contributed by atoms with E-state index >= 15 is 0 Å². The maximum absolute atomic E-state index is 8.11. The van der Waals surface area contributed by atoms with Gasteiger partial charge in [0.05, 0.1) is 0 Å². The van der Waals surface area contributed by atoms with E-state index in [0.717, 1.165) is 24.0 Å². The van der Waals surface area contributed by atoms with Crippen LogP contribution >= 0.6 is 11.6 Å². The SMILES string of the molecule is CCCC(c1ccccc1)(c1ccc(C)cc1)C(Cl)(c1ccc(C)cc1)c1ccc(C)cc1. The second kappa shape index (κ2) is 9.57. The second-order valence-corrected chi connectivity index (χ2v) is 9.84. The molecule has 0 aliphatic carbocycles. The third kappa shape index (κ3) is 4.13. The minimum atomic E-state index is -0.791. The first-order valence-corrected chi connectivity index (χ1v) is 12.3. The lowest BCUT2D eigenvalue weighted by Gasteiger charge is -2.49. The molecule has 33 heavy (non-hydrogen) atoms. The number of aryl methyl sites for hydroxylation is 3. The van der Waals surface area contributed by atoms with Gasteiger partial charge >= 0.3 is 0 Å². The third-order valence-electron chi connectivity index (χ3n) is 6.92. The Morgan fingerprint density at radius 1 is 0.515 bits per heavy atom. The summed E-state index contributed by atoms with van der Waals surface area (Å²) in [5.41, 5.74) is 8.00. The zero-order valence-electron chi connectivity index (χ0n) is 20.1. The molecule has 0 heterocycles. The largest absolute Gasteiger partial charge is 0.108 e. The van der Waals surface area contributed by atoms with Gasteiger partial charge in [-0.1, -0.05) is 133 Å². The van der Waals surface area contributed by atoms with Crippen LogP contribution in [-0.4, -0.2) is 0 Å². The van der Waals surface area contributed by atoms with E-state index < -0.39 is 10.3 Å². The molecular weight excluding hydrogens is 420 g/mol. The summed E-state index contributed by atoms with van der Waals surface area (Å²) >= 11 is 8.11. The highest BCUT2D eigenvalue weighted by Crippen LogP contribution is 2.58. The number of benzene rings is 4. The van der Waals surface area contributed by atoms with Crippen LogP contribution in [0.2, 0.25) is 0 Å². The van der Waals surface area contributed by atoms with Gasteiger partial charge in [0, 0.05) is 5.41 Å². The van der Waals surface area contributed by atoms with Gasteiger partial charge < -0.3 is 0 Å². The van der Waals surface area contributed by atoms with Crippen molar-refractivity contribution in [2.75, 3.05) is 0 Å². The van der Waals surface area contributed by atoms with Crippen molar-refractivity contribution in [1.82, 2.24) is 0 Å². The van der Waals surface area contributed by atoms with Gasteiger partial charge in [0.25, 0.3) is 0 Å². The minimum absolute atomic E-state index is 0.456. The van der Waals surface area contributed by atoms with Gasteiger partial charge in [-0.25, -0.2) is 0 Å². The fourth-order valence-corrected chi connectivity index (χ4v) is 5.75. The average Bonchev–Trinajstić information content (AvgIpc) is 2.84. The van der Waals surface area contributed by atoms with Crippen molar-refractivity contribution in [3.05, 3.63) is 142 Å². The van der Waals surface area contributed by atoms with Crippen molar-refractivity contribution in [1.29, 1.82) is 0 Å². The van der Waals surface area contributed by atoms with Crippen LogP contribution < -0.4 is 0 Å². The van der Waals surface area contributed by atoms with E-state index in [4.69, 9.17) is 11.6 Å². The van der Waals surface area contributed by atoms with E-state index in [1.807, 2.05) is 0 Å². The predicted octanol–water partition coefficient (Wildman–Crippen LogP) is 8.88. The molecule has 0 spiro atoms. The van der Waals surface area contributed by atoms with E-state index in [2.05, 4.69) is 131 Å². The van der Waals surface area contributed by atoms with Gasteiger partial charge in [-0.3, -0.25) is 0 Å². The van der Waals surface area contributed by atoms with Crippen LogP contribution in [0.1, 0.15) is 58.7 Å². The topological polar surface area (TPSA) is 0 Å². The second-order valence-electron chi connectivity index (χ2n) is 9.28. The summed E-state index contributed by atoms with van der Waals surface area (Å²) < 4.78 is 0. The first kappa shape index (κ1) is 23.3. The summed E-state index contributed by atoms with van der Waals surface area (Å²) in [4.78, 5) is -0.791. The Hall–Kier alpha value is -2.83. The van der Waals surface area contributed by atoms with E-state index in [1.54, 1.807) is 0 Å². The van der Waals surface area contributed by atoms with Crippen LogP contribution in [0.4, 0.5) is 0 Å². The fourth-order valence-electron chi connectivity index (χ4n) is 5.19. The highest BCUT2D eigenvalue weighted by molar-refractivity contribution is 6.27. The van der Waals surface area contributed by atoms with Crippen molar-refractivity contribution in [2.45, 2.75) is 50.8 Å². The maximum atomic E-state index is 8.11. The van der Waals surface area contributed by atoms with Gasteiger partial charge in [-0.2, -0.15) is 0 Å². The van der Waals surface area contributed by atoms with Crippen molar-refractivity contribution in [3.63, 3.8) is 0 Å². The Morgan fingerprint density at radius 2 is 0.879 bits per heavy atom. The zero-order valence-corrected chi connectivity index (χ0v) is 20.9. The number of alkyl halides is 1. The van der Waals surface area contributed by atoms with Gasteiger partial charge in [0.15, 0.2) is 0 Å². The summed E-state index contributed by atoms with van der Waals surface area (Å²) in [5, 5.41) is 0. The summed E-state index contributed by atoms with van der Waals surface area (Å²) in [6.45, 7) is 8.65. The fraction of sp³-hybridized carbons (Fsp3) is 0.250. The summed E-state index contributed by atoms with van der Waals surface area (Å²) in [6.07, 6.45) is 1.93. The lowest BCUT2D eigenvalue weighted by molar-refractivity contribution is 0.375. The molecule has 0 bridgehead atoms. The highest BCUT2D eigenvalue weighted by atomic mass is 35.5. The minimum Gasteiger partial charge on any atom is -0.107 e. The first-order chi connectivity index (χ1) is 15.9. The Kier molecular flexibility index (Phi) is 6.77. The highest BCUT2D eigenvalue weighted by Gasteiger charge is 2.54. The molecule has 0 fully saturated rings. The Bertz CT molecular complexity index is 1130. The average molecular weight is 453 g/mol. The van der Waals surface area contributed by atoms with Crippen molar-refractivity contribution in [3.8, 4) is 0 Å². The normalized spacial score (nSPS) is 13.5. The quantitative estimate of drug-likeness (QED) is 0.245. The molecule has 1 unspecified atom stereocenters. The Labute approximate surface area is 204 Å². The molecule has 0 aliphatic heterocycles. The molecule has 168 valence electrons. The molecule has 0 aliphatic rings. The van der Waals surface area contributed by atoms with E-state index in [0.29, 0.717) is 0 Å². The van der Waals surface area contributed by atoms with Crippen molar-refractivity contribution >= 4 is 11.6 Å². The van der Waals surface area contributed by atoms with Gasteiger partial charge in [-0.15, -0.1) is 11.6 Å². The van der Waals surface area contributed by atoms with E-state index in [1.165, 1.54) is 27.8 Å². The lowest BCUT2D eigenvalue weighted by Crippen LogP contribution is -2.47. The molecule has 1 heteroatoms. The van der Waals surface area contributed by atoms with Crippen molar-refractivity contribution in [2.24, 2.45) is 0 Å². The Balaban J connectivity index is 2.14. The Morgan fingerprint density at radius 3 is 1.27 bits per heavy atom. The molecular formula is C32H33Cl. The standard InChI is InChI=1S/C32H33Cl/c1-5-23-31(27-9-7-6-8-10-27,28-17-11-24(2)12-18-28)32(33,29-19-13-25(3)14-20-29)30-21-15-26(4)16-22-30/h6-22H,5,23H2,1-4H3. The monoisotopic (exact) mass is 452 g/mol. The molecule has 1 atom stereocenters. The smallest absolute Gasteiger partial charge is 0.107 e. The van der Waals surface area contributed by atoms with Crippen LogP contribution in [0.25, 0.3) is 0 Å². The summed E-state index contributed by atoms with van der Waals surface area (Å²) in [6, 6.07) is 37.4. The number of rotatable bonds is 7. The molecule has 4 rings (SSSR count). The van der Waals surface area contributed by atoms with Gasteiger partial charge in [0.1, 0.15) is 4.87 Å². The van der Waals surface area contributed by atoms with Crippen LogP contribution in [0.3, 0.4) is 0 Å². The molecule has 0 N–H and O–H groups in total. The van der Waals surface area contributed by atoms with Crippen LogP contribution in [0.15, 0.2) is 103 Å². The number of halogens is 1. The molecule has 0 radical (unpaired) electrons. The number of hydrogen-bond donors (Lipinski definition) is 0. The molecule has 0 saturated carbocycles. The van der Waals surface area contributed by atoms with E-state index in [9.17, 15) is 0 Å². The predicted molar refractivity (Wildman–Crippen MR) is 142 cm³/mol. The summed E-state index contributed by atoms with van der Waals surface area (Å²) in [5.74, 6) is 0. The van der Waals surface area contributed by atoms with Crippen LogP contribution in [0.5, 0.6) is 0 Å². The van der Waals surface area contributed by atoms with E-state index in [-0.39, 0.29) is 0 Å². The summed E-state index contributed by atoms with van der Waals surface area (Å²) in [7, 11) is 0. The molecule has 0 aromatic heterocycles. The molecule has 4 aromatic rings. The number of hydrogen-bond acceptors (Lipinski definition) is 0. The lowest BCUT2D eigenvalue weighted by atomic mass is 9.58. The van der Waals surface area contributed by atoms with Crippen LogP contribution in [0, 0.1) is 20.8 Å². The van der Waals surface area contributed by atoms with Gasteiger partial charge in [-0.05, 0) is 49.4 Å². The first-order valence-electron chi connectivity index (χ1n) is 11.9. The van der Waals surface area contributed by atoms with Crippen LogP contribution in [-0.2, 0) is 10.3 Å². The van der Waals surface area contributed by atoms with Gasteiger partial charge in [0.2, 0.25) is 0 Å². The molecule has 0 nitrogen and oxygen atoms in total. The van der Waals surface area contributed by atoms with Crippen molar-refractivity contribution < 1.29 is 0 Å². The molecule has 0 saturated heterocycles.